The molecule has 0 aliphatic carbocycles. The Morgan fingerprint density at radius 1 is 1.38 bits per heavy atom. The van der Waals surface area contributed by atoms with E-state index in [-0.39, 0.29) is 5.82 Å². The van der Waals surface area contributed by atoms with E-state index >= 15 is 0 Å². The van der Waals surface area contributed by atoms with Gasteiger partial charge in [-0.15, -0.1) is 0 Å². The molecule has 0 unspecified atom stereocenters. The highest BCUT2D eigenvalue weighted by Crippen LogP contribution is 2.42. The highest BCUT2D eigenvalue weighted by atomic mass is 19.1. The highest BCUT2D eigenvalue weighted by Gasteiger charge is 2.51. The summed E-state index contributed by atoms with van der Waals surface area (Å²) >= 11 is 0. The van der Waals surface area contributed by atoms with Gasteiger partial charge < -0.3 is 9.84 Å². The SMILES string of the molecule is Cc1cc(C2(C(C)(C)O)COC2)ccc1F. The maximum Gasteiger partial charge on any atom is 0.126 e. The molecule has 0 bridgehead atoms. The van der Waals surface area contributed by atoms with Crippen LogP contribution in [0.2, 0.25) is 0 Å². The van der Waals surface area contributed by atoms with Gasteiger partial charge in [0.15, 0.2) is 0 Å². The largest absolute Gasteiger partial charge is 0.389 e. The summed E-state index contributed by atoms with van der Waals surface area (Å²) in [4.78, 5) is 0. The van der Waals surface area contributed by atoms with E-state index < -0.39 is 11.0 Å². The number of halogens is 1. The molecular weight excluding hydrogens is 207 g/mol. The van der Waals surface area contributed by atoms with Crippen LogP contribution in [0, 0.1) is 12.7 Å². The number of rotatable bonds is 2. The molecule has 0 saturated carbocycles. The van der Waals surface area contributed by atoms with Crippen LogP contribution < -0.4 is 0 Å². The number of benzene rings is 1. The molecule has 16 heavy (non-hydrogen) atoms. The minimum Gasteiger partial charge on any atom is -0.389 e. The molecule has 1 N–H and O–H groups in total. The minimum atomic E-state index is -0.866. The van der Waals surface area contributed by atoms with E-state index in [4.69, 9.17) is 4.74 Å². The Labute approximate surface area is 95.1 Å². The molecule has 0 radical (unpaired) electrons. The summed E-state index contributed by atoms with van der Waals surface area (Å²) in [6, 6.07) is 5.00. The fourth-order valence-corrected chi connectivity index (χ4v) is 2.12. The lowest BCUT2D eigenvalue weighted by Gasteiger charge is -2.50. The first kappa shape index (κ1) is 11.6. The number of aliphatic hydroxyl groups is 1. The van der Waals surface area contributed by atoms with Crippen molar-refractivity contribution in [2.45, 2.75) is 31.8 Å². The first-order chi connectivity index (χ1) is 7.37. The Kier molecular flexibility index (Phi) is 2.55. The van der Waals surface area contributed by atoms with Crippen LogP contribution in [0.3, 0.4) is 0 Å². The maximum atomic E-state index is 13.2. The third-order valence-electron chi connectivity index (χ3n) is 3.58. The zero-order valence-electron chi connectivity index (χ0n) is 9.88. The van der Waals surface area contributed by atoms with Gasteiger partial charge in [0.1, 0.15) is 5.82 Å². The molecule has 1 aliphatic heterocycles. The first-order valence-corrected chi connectivity index (χ1v) is 5.44. The molecular formula is C13H17FO2. The lowest BCUT2D eigenvalue weighted by molar-refractivity contribution is -0.157. The van der Waals surface area contributed by atoms with Crippen molar-refractivity contribution in [3.63, 3.8) is 0 Å². The van der Waals surface area contributed by atoms with E-state index in [1.54, 1.807) is 32.9 Å². The summed E-state index contributed by atoms with van der Waals surface area (Å²) in [5.74, 6) is -0.213. The zero-order chi connectivity index (χ0) is 12.0. The van der Waals surface area contributed by atoms with Crippen molar-refractivity contribution in [3.8, 4) is 0 Å². The summed E-state index contributed by atoms with van der Waals surface area (Å²) in [7, 11) is 0. The van der Waals surface area contributed by atoms with Crippen LogP contribution in [0.1, 0.15) is 25.0 Å². The van der Waals surface area contributed by atoms with Crippen LogP contribution in [-0.4, -0.2) is 23.9 Å². The smallest absolute Gasteiger partial charge is 0.126 e. The van der Waals surface area contributed by atoms with Crippen molar-refractivity contribution in [1.82, 2.24) is 0 Å². The van der Waals surface area contributed by atoms with E-state index in [0.717, 1.165) is 5.56 Å². The van der Waals surface area contributed by atoms with Crippen molar-refractivity contribution in [3.05, 3.63) is 35.1 Å². The fourth-order valence-electron chi connectivity index (χ4n) is 2.12. The molecule has 1 fully saturated rings. The van der Waals surface area contributed by atoms with Gasteiger partial charge in [0.05, 0.1) is 24.2 Å². The third-order valence-corrected chi connectivity index (χ3v) is 3.58. The quantitative estimate of drug-likeness (QED) is 0.834. The third kappa shape index (κ3) is 1.55. The topological polar surface area (TPSA) is 29.5 Å². The van der Waals surface area contributed by atoms with Crippen molar-refractivity contribution in [2.75, 3.05) is 13.2 Å². The number of hydrogen-bond acceptors (Lipinski definition) is 2. The van der Waals surface area contributed by atoms with Gasteiger partial charge >= 0.3 is 0 Å². The van der Waals surface area contributed by atoms with Crippen LogP contribution in [0.15, 0.2) is 18.2 Å². The normalized spacial score (nSPS) is 19.3. The summed E-state index contributed by atoms with van der Waals surface area (Å²) in [5, 5.41) is 10.2. The molecule has 2 nitrogen and oxygen atoms in total. The molecule has 1 aromatic carbocycles. The molecule has 1 heterocycles. The van der Waals surface area contributed by atoms with Crippen LogP contribution in [0.25, 0.3) is 0 Å². The number of ether oxygens (including phenoxy) is 1. The van der Waals surface area contributed by atoms with Gasteiger partial charge in [0.2, 0.25) is 0 Å². The van der Waals surface area contributed by atoms with Gasteiger partial charge in [0, 0.05) is 0 Å². The fraction of sp³-hybridized carbons (Fsp3) is 0.538. The molecule has 0 atom stereocenters. The number of hydrogen-bond donors (Lipinski definition) is 1. The molecule has 1 aromatic rings. The van der Waals surface area contributed by atoms with E-state index in [1.807, 2.05) is 0 Å². The van der Waals surface area contributed by atoms with Gasteiger partial charge in [-0.25, -0.2) is 4.39 Å². The van der Waals surface area contributed by atoms with E-state index in [2.05, 4.69) is 0 Å². The Balaban J connectivity index is 2.45. The number of aryl methyl sites for hydroxylation is 1. The predicted octanol–water partition coefficient (Wildman–Crippen LogP) is 2.17. The van der Waals surface area contributed by atoms with Crippen molar-refractivity contribution < 1.29 is 14.2 Å². The van der Waals surface area contributed by atoms with E-state index in [1.165, 1.54) is 6.07 Å². The molecule has 3 heteroatoms. The van der Waals surface area contributed by atoms with Gasteiger partial charge in [-0.2, -0.15) is 0 Å². The second-order valence-corrected chi connectivity index (χ2v) is 5.10. The Hall–Kier alpha value is -0.930. The zero-order valence-corrected chi connectivity index (χ0v) is 9.88. The second-order valence-electron chi connectivity index (χ2n) is 5.10. The van der Waals surface area contributed by atoms with Gasteiger partial charge in [-0.1, -0.05) is 12.1 Å². The Morgan fingerprint density at radius 3 is 2.38 bits per heavy atom. The first-order valence-electron chi connectivity index (χ1n) is 5.44. The average Bonchev–Trinajstić information content (AvgIpc) is 2.06. The monoisotopic (exact) mass is 224 g/mol. The summed E-state index contributed by atoms with van der Waals surface area (Å²) < 4.78 is 18.4. The summed E-state index contributed by atoms with van der Waals surface area (Å²) in [5.41, 5.74) is 0.291. The molecule has 0 amide bonds. The molecule has 88 valence electrons. The maximum absolute atomic E-state index is 13.2. The average molecular weight is 224 g/mol. The Morgan fingerprint density at radius 2 is 2.00 bits per heavy atom. The minimum absolute atomic E-state index is 0.213. The summed E-state index contributed by atoms with van der Waals surface area (Å²) in [6.07, 6.45) is 0. The standard InChI is InChI=1S/C13H17FO2/c1-9-6-10(4-5-11(9)14)13(7-16-8-13)12(2,3)15/h4-6,15H,7-8H2,1-3H3. The molecule has 0 aromatic heterocycles. The van der Waals surface area contributed by atoms with Crippen LogP contribution in [0.4, 0.5) is 4.39 Å². The van der Waals surface area contributed by atoms with E-state index in [9.17, 15) is 9.50 Å². The van der Waals surface area contributed by atoms with Gasteiger partial charge in [0.25, 0.3) is 0 Å². The molecule has 1 saturated heterocycles. The molecule has 1 aliphatic rings. The van der Waals surface area contributed by atoms with Crippen LogP contribution >= 0.6 is 0 Å². The van der Waals surface area contributed by atoms with Crippen LogP contribution in [-0.2, 0) is 10.2 Å². The summed E-state index contributed by atoms with van der Waals surface area (Å²) in [6.45, 7) is 6.25. The molecule has 2 rings (SSSR count). The van der Waals surface area contributed by atoms with Crippen molar-refractivity contribution in [1.29, 1.82) is 0 Å². The predicted molar refractivity (Wildman–Crippen MR) is 59.9 cm³/mol. The lowest BCUT2D eigenvalue weighted by atomic mass is 9.67. The highest BCUT2D eigenvalue weighted by molar-refractivity contribution is 5.35. The van der Waals surface area contributed by atoms with Crippen molar-refractivity contribution in [2.24, 2.45) is 0 Å². The van der Waals surface area contributed by atoms with Gasteiger partial charge in [-0.05, 0) is 38.0 Å². The molecule has 0 spiro atoms. The lowest BCUT2D eigenvalue weighted by Crippen LogP contribution is -2.60. The Bertz CT molecular complexity index is 403. The van der Waals surface area contributed by atoms with Gasteiger partial charge in [-0.3, -0.25) is 0 Å². The van der Waals surface area contributed by atoms with E-state index in [0.29, 0.717) is 18.8 Å². The second kappa shape index (κ2) is 3.54. The van der Waals surface area contributed by atoms with Crippen LogP contribution in [0.5, 0.6) is 0 Å². The van der Waals surface area contributed by atoms with Crippen molar-refractivity contribution >= 4 is 0 Å².